The van der Waals surface area contributed by atoms with Crippen molar-refractivity contribution in [2.75, 3.05) is 5.32 Å². The number of hydrogen-bond acceptors (Lipinski definition) is 6. The zero-order valence-electron chi connectivity index (χ0n) is 18.8. The van der Waals surface area contributed by atoms with Crippen molar-refractivity contribution in [3.8, 4) is 5.75 Å². The molecule has 0 aliphatic heterocycles. The van der Waals surface area contributed by atoms with Gasteiger partial charge in [0.15, 0.2) is 0 Å². The lowest BCUT2D eigenvalue weighted by Crippen LogP contribution is -2.38. The van der Waals surface area contributed by atoms with E-state index >= 15 is 0 Å². The summed E-state index contributed by atoms with van der Waals surface area (Å²) in [4.78, 5) is 25.9. The molecule has 9 heteroatoms. The van der Waals surface area contributed by atoms with E-state index in [1.54, 1.807) is 47.6 Å². The van der Waals surface area contributed by atoms with Crippen molar-refractivity contribution >= 4 is 27.6 Å². The van der Waals surface area contributed by atoms with Gasteiger partial charge in [-0.1, -0.05) is 24.6 Å². The summed E-state index contributed by atoms with van der Waals surface area (Å²) in [5, 5.41) is 2.59. The Morgan fingerprint density at radius 2 is 1.76 bits per heavy atom. The van der Waals surface area contributed by atoms with Crippen LogP contribution in [-0.2, 0) is 32.8 Å². The summed E-state index contributed by atoms with van der Waals surface area (Å²) < 4.78 is 36.8. The molecule has 0 saturated heterocycles. The maximum Gasteiger partial charge on any atom is 0.339 e. The molecule has 0 unspecified atom stereocenters. The molecule has 0 atom stereocenters. The van der Waals surface area contributed by atoms with Gasteiger partial charge < -0.3 is 18.8 Å². The lowest BCUT2D eigenvalue weighted by molar-refractivity contribution is -0.139. The number of amides is 2. The second kappa shape index (κ2) is 10.1. The monoisotopic (exact) mass is 482 g/mol. The van der Waals surface area contributed by atoms with Gasteiger partial charge in [0.05, 0.1) is 12.8 Å². The van der Waals surface area contributed by atoms with Gasteiger partial charge in [-0.05, 0) is 55.3 Å². The topological polar surface area (TPSA) is 106 Å². The molecule has 2 amide bonds. The standard InChI is InChI=1S/C25H26N2O6S/c1-18(28)26-21-11-13-23(14-12-21)34(30,31)33-24-10-3-2-6-20(24)16-27(17-22-9-5-15-32-22)25(29)19-7-4-8-19/h2-3,5-6,9-15,19H,4,7-8,16-17H2,1H3,(H,26,28). The van der Waals surface area contributed by atoms with Gasteiger partial charge in [0, 0.05) is 30.6 Å². The second-order valence-electron chi connectivity index (χ2n) is 8.25. The molecule has 2 aromatic carbocycles. The minimum Gasteiger partial charge on any atom is -0.467 e. The van der Waals surface area contributed by atoms with Crippen LogP contribution in [0.5, 0.6) is 5.75 Å². The number of furan rings is 1. The number of rotatable bonds is 9. The Bertz CT molecular complexity index is 1250. The van der Waals surface area contributed by atoms with Gasteiger partial charge in [-0.2, -0.15) is 8.42 Å². The van der Waals surface area contributed by atoms with Gasteiger partial charge in [-0.3, -0.25) is 9.59 Å². The molecule has 178 valence electrons. The summed E-state index contributed by atoms with van der Waals surface area (Å²) >= 11 is 0. The third-order valence-corrected chi connectivity index (χ3v) is 6.94. The molecule has 0 radical (unpaired) electrons. The Kier molecular flexibility index (Phi) is 7.02. The normalized spacial score (nSPS) is 13.7. The van der Waals surface area contributed by atoms with Crippen LogP contribution in [0.2, 0.25) is 0 Å². The van der Waals surface area contributed by atoms with Gasteiger partial charge in [0.25, 0.3) is 0 Å². The second-order valence-corrected chi connectivity index (χ2v) is 9.80. The Morgan fingerprint density at radius 3 is 2.38 bits per heavy atom. The molecule has 0 bridgehead atoms. The van der Waals surface area contributed by atoms with Crippen LogP contribution in [0.3, 0.4) is 0 Å². The SMILES string of the molecule is CC(=O)Nc1ccc(S(=O)(=O)Oc2ccccc2CN(Cc2ccco2)C(=O)C2CCC2)cc1. The quantitative estimate of drug-likeness (QED) is 0.455. The van der Waals surface area contributed by atoms with Gasteiger partial charge >= 0.3 is 10.1 Å². The van der Waals surface area contributed by atoms with Crippen LogP contribution < -0.4 is 9.50 Å². The lowest BCUT2D eigenvalue weighted by atomic mass is 9.84. The number of carbonyl (C=O) groups is 2. The molecular formula is C25H26N2O6S. The first-order chi connectivity index (χ1) is 16.3. The van der Waals surface area contributed by atoms with Crippen molar-refractivity contribution < 1.29 is 26.6 Å². The highest BCUT2D eigenvalue weighted by Gasteiger charge is 2.30. The largest absolute Gasteiger partial charge is 0.467 e. The molecule has 1 aromatic heterocycles. The molecule has 1 heterocycles. The molecule has 1 N–H and O–H groups in total. The summed E-state index contributed by atoms with van der Waals surface area (Å²) in [7, 11) is -4.13. The van der Waals surface area contributed by atoms with E-state index in [2.05, 4.69) is 5.32 Å². The number of carbonyl (C=O) groups excluding carboxylic acids is 2. The van der Waals surface area contributed by atoms with Crippen LogP contribution in [0.4, 0.5) is 5.69 Å². The smallest absolute Gasteiger partial charge is 0.339 e. The first kappa shape index (κ1) is 23.6. The molecule has 8 nitrogen and oxygen atoms in total. The molecule has 34 heavy (non-hydrogen) atoms. The molecule has 0 spiro atoms. The first-order valence-corrected chi connectivity index (χ1v) is 12.4. The summed E-state index contributed by atoms with van der Waals surface area (Å²) in [6.07, 6.45) is 4.30. The number of nitrogens with zero attached hydrogens (tertiary/aromatic N) is 1. The van der Waals surface area contributed by atoms with Crippen molar-refractivity contribution in [2.45, 2.75) is 44.2 Å². The minimum absolute atomic E-state index is 0.0195. The van der Waals surface area contributed by atoms with Crippen molar-refractivity contribution in [3.05, 3.63) is 78.3 Å². The lowest BCUT2D eigenvalue weighted by Gasteiger charge is -2.31. The van der Waals surface area contributed by atoms with E-state index in [-0.39, 0.29) is 41.5 Å². The number of para-hydroxylation sites is 1. The Labute approximate surface area is 198 Å². The summed E-state index contributed by atoms with van der Waals surface area (Å²) in [5.74, 6) is 0.552. The van der Waals surface area contributed by atoms with Gasteiger partial charge in [-0.25, -0.2) is 0 Å². The number of hydrogen-bond donors (Lipinski definition) is 1. The summed E-state index contributed by atoms with van der Waals surface area (Å²) in [6, 6.07) is 16.1. The van der Waals surface area contributed by atoms with Crippen LogP contribution in [0, 0.1) is 5.92 Å². The van der Waals surface area contributed by atoms with E-state index < -0.39 is 10.1 Å². The maximum atomic E-state index is 13.1. The maximum absolute atomic E-state index is 13.1. The fourth-order valence-corrected chi connectivity index (χ4v) is 4.68. The van der Waals surface area contributed by atoms with E-state index in [4.69, 9.17) is 8.60 Å². The minimum atomic E-state index is -4.13. The number of nitrogens with one attached hydrogen (secondary N) is 1. The summed E-state index contributed by atoms with van der Waals surface area (Å²) in [6.45, 7) is 1.84. The van der Waals surface area contributed by atoms with Gasteiger partial charge in [0.1, 0.15) is 16.4 Å². The van der Waals surface area contributed by atoms with Crippen LogP contribution in [0.1, 0.15) is 37.5 Å². The average Bonchev–Trinajstić information content (AvgIpc) is 3.26. The number of anilines is 1. The molecule has 4 rings (SSSR count). The van der Waals surface area contributed by atoms with Crippen molar-refractivity contribution in [1.29, 1.82) is 0 Å². The molecule has 1 fully saturated rings. The van der Waals surface area contributed by atoms with Crippen LogP contribution in [0.25, 0.3) is 0 Å². The fraction of sp³-hybridized carbons (Fsp3) is 0.280. The number of benzene rings is 2. The third kappa shape index (κ3) is 5.66. The predicted molar refractivity (Wildman–Crippen MR) is 125 cm³/mol. The molecule has 3 aromatic rings. The average molecular weight is 483 g/mol. The van der Waals surface area contributed by atoms with E-state index in [0.717, 1.165) is 19.3 Å². The van der Waals surface area contributed by atoms with Crippen molar-refractivity contribution in [1.82, 2.24) is 4.90 Å². The summed E-state index contributed by atoms with van der Waals surface area (Å²) in [5.41, 5.74) is 1.05. The molecule has 1 saturated carbocycles. The Morgan fingerprint density at radius 1 is 1.03 bits per heavy atom. The van der Waals surface area contributed by atoms with Gasteiger partial charge in [-0.15, -0.1) is 0 Å². The van der Waals surface area contributed by atoms with E-state index in [9.17, 15) is 18.0 Å². The fourth-order valence-electron chi connectivity index (χ4n) is 3.71. The van der Waals surface area contributed by atoms with Crippen LogP contribution in [-0.4, -0.2) is 25.1 Å². The van der Waals surface area contributed by atoms with E-state index in [1.807, 2.05) is 0 Å². The van der Waals surface area contributed by atoms with Crippen molar-refractivity contribution in [3.63, 3.8) is 0 Å². The van der Waals surface area contributed by atoms with Crippen molar-refractivity contribution in [2.24, 2.45) is 5.92 Å². The van der Waals surface area contributed by atoms with Crippen LogP contribution >= 0.6 is 0 Å². The Balaban J connectivity index is 1.55. The third-order valence-electron chi connectivity index (χ3n) is 5.69. The highest BCUT2D eigenvalue weighted by Crippen LogP contribution is 2.31. The zero-order valence-corrected chi connectivity index (χ0v) is 19.6. The highest BCUT2D eigenvalue weighted by atomic mass is 32.2. The molecule has 1 aliphatic carbocycles. The molecular weight excluding hydrogens is 456 g/mol. The Hall–Kier alpha value is -3.59. The van der Waals surface area contributed by atoms with Crippen LogP contribution in [0.15, 0.2) is 76.2 Å². The van der Waals surface area contributed by atoms with E-state index in [0.29, 0.717) is 17.0 Å². The zero-order chi connectivity index (χ0) is 24.1. The molecule has 1 aliphatic rings. The predicted octanol–water partition coefficient (Wildman–Crippen LogP) is 4.33. The highest BCUT2D eigenvalue weighted by molar-refractivity contribution is 7.87. The van der Waals surface area contributed by atoms with E-state index in [1.165, 1.54) is 31.2 Å². The van der Waals surface area contributed by atoms with Gasteiger partial charge in [0.2, 0.25) is 11.8 Å². The first-order valence-electron chi connectivity index (χ1n) is 11.0.